The van der Waals surface area contributed by atoms with Gasteiger partial charge in [-0.25, -0.2) is 4.79 Å². The Kier molecular flexibility index (Phi) is 3.14. The Morgan fingerprint density at radius 1 is 1.69 bits per heavy atom. The molecule has 0 amide bonds. The number of aliphatic carboxylic acids is 1. The van der Waals surface area contributed by atoms with Gasteiger partial charge in [0.05, 0.1) is 15.9 Å². The topological polar surface area (TPSA) is 53.4 Å². The molecule has 2 rings (SSSR count). The third kappa shape index (κ3) is 1.91. The molecule has 1 N–H and O–H groups in total. The summed E-state index contributed by atoms with van der Waals surface area (Å²) in [5.74, 6) is -0.751. The Morgan fingerprint density at radius 3 is 3.12 bits per heavy atom. The van der Waals surface area contributed by atoms with E-state index in [9.17, 15) is 4.79 Å². The Bertz CT molecular complexity index is 422. The summed E-state index contributed by atoms with van der Waals surface area (Å²) < 4.78 is 0.892. The van der Waals surface area contributed by atoms with E-state index in [0.29, 0.717) is 6.42 Å². The lowest BCUT2D eigenvalue weighted by Gasteiger charge is -2.25. The lowest BCUT2D eigenvalue weighted by atomic mass is 10.2. The molecule has 1 aliphatic rings. The standard InChI is InChI=1S/C11H13BrN2O2/c1-7-10(12)8(4-5-13-7)14-6-2-3-9(14)11(15)16/h4-5,9H,2-3,6H2,1H3,(H,15,16). The van der Waals surface area contributed by atoms with Crippen molar-refractivity contribution < 1.29 is 9.90 Å². The highest BCUT2D eigenvalue weighted by Gasteiger charge is 2.31. The molecule has 0 aliphatic carbocycles. The number of aryl methyl sites for hydroxylation is 1. The summed E-state index contributed by atoms with van der Waals surface area (Å²) in [5.41, 5.74) is 1.81. The van der Waals surface area contributed by atoms with Crippen molar-refractivity contribution in [3.05, 3.63) is 22.4 Å². The van der Waals surface area contributed by atoms with Crippen LogP contribution in [0.15, 0.2) is 16.7 Å². The summed E-state index contributed by atoms with van der Waals surface area (Å²) in [5, 5.41) is 9.13. The van der Waals surface area contributed by atoms with Crippen molar-refractivity contribution in [3.63, 3.8) is 0 Å². The number of hydrogen-bond donors (Lipinski definition) is 1. The van der Waals surface area contributed by atoms with E-state index in [2.05, 4.69) is 20.9 Å². The maximum atomic E-state index is 11.1. The molecule has 2 heterocycles. The average molecular weight is 285 g/mol. The van der Waals surface area contributed by atoms with E-state index in [0.717, 1.165) is 28.8 Å². The van der Waals surface area contributed by atoms with Crippen LogP contribution in [0.3, 0.4) is 0 Å². The van der Waals surface area contributed by atoms with Crippen LogP contribution in [0.5, 0.6) is 0 Å². The van der Waals surface area contributed by atoms with Gasteiger partial charge in [0.2, 0.25) is 0 Å². The largest absolute Gasteiger partial charge is 0.480 e. The first-order chi connectivity index (χ1) is 7.61. The van der Waals surface area contributed by atoms with Crippen LogP contribution < -0.4 is 4.90 Å². The van der Waals surface area contributed by atoms with Gasteiger partial charge >= 0.3 is 5.97 Å². The molecule has 16 heavy (non-hydrogen) atoms. The molecule has 1 saturated heterocycles. The van der Waals surface area contributed by atoms with Crippen LogP contribution in [-0.2, 0) is 4.79 Å². The molecular weight excluding hydrogens is 272 g/mol. The zero-order valence-corrected chi connectivity index (χ0v) is 10.6. The van der Waals surface area contributed by atoms with Crippen LogP contribution in [0, 0.1) is 6.92 Å². The third-order valence-corrected chi connectivity index (χ3v) is 3.87. The lowest BCUT2D eigenvalue weighted by Crippen LogP contribution is -2.36. The molecule has 0 radical (unpaired) electrons. The Balaban J connectivity index is 2.36. The number of pyridine rings is 1. The van der Waals surface area contributed by atoms with E-state index in [1.807, 2.05) is 17.9 Å². The van der Waals surface area contributed by atoms with E-state index < -0.39 is 12.0 Å². The van der Waals surface area contributed by atoms with Gasteiger partial charge in [0, 0.05) is 12.7 Å². The van der Waals surface area contributed by atoms with Crippen molar-refractivity contribution >= 4 is 27.6 Å². The zero-order chi connectivity index (χ0) is 11.7. The van der Waals surface area contributed by atoms with Crippen molar-refractivity contribution in [3.8, 4) is 0 Å². The number of hydrogen-bond acceptors (Lipinski definition) is 3. The molecule has 0 spiro atoms. The normalized spacial score (nSPS) is 20.1. The summed E-state index contributed by atoms with van der Waals surface area (Å²) in [7, 11) is 0. The minimum Gasteiger partial charge on any atom is -0.480 e. The molecule has 0 bridgehead atoms. The maximum Gasteiger partial charge on any atom is 0.326 e. The number of nitrogens with zero attached hydrogens (tertiary/aromatic N) is 2. The van der Waals surface area contributed by atoms with Crippen LogP contribution in [-0.4, -0.2) is 28.6 Å². The first-order valence-electron chi connectivity index (χ1n) is 5.22. The van der Waals surface area contributed by atoms with E-state index in [1.54, 1.807) is 6.20 Å². The van der Waals surface area contributed by atoms with E-state index >= 15 is 0 Å². The smallest absolute Gasteiger partial charge is 0.326 e. The molecule has 5 heteroatoms. The SMILES string of the molecule is Cc1nccc(N2CCCC2C(=O)O)c1Br. The summed E-state index contributed by atoms with van der Waals surface area (Å²) in [6.07, 6.45) is 3.35. The fourth-order valence-electron chi connectivity index (χ4n) is 2.07. The molecule has 86 valence electrons. The number of aromatic nitrogens is 1. The summed E-state index contributed by atoms with van der Waals surface area (Å²) >= 11 is 3.47. The van der Waals surface area contributed by atoms with Crippen LogP contribution in [0.1, 0.15) is 18.5 Å². The fourth-order valence-corrected chi connectivity index (χ4v) is 2.53. The molecule has 1 aliphatic heterocycles. The van der Waals surface area contributed by atoms with E-state index in [-0.39, 0.29) is 0 Å². The van der Waals surface area contributed by atoms with Crippen molar-refractivity contribution in [2.45, 2.75) is 25.8 Å². The van der Waals surface area contributed by atoms with Crippen molar-refractivity contribution in [2.24, 2.45) is 0 Å². The van der Waals surface area contributed by atoms with Crippen LogP contribution in [0.25, 0.3) is 0 Å². The Labute approximate surface area is 102 Å². The molecule has 4 nitrogen and oxygen atoms in total. The highest BCUT2D eigenvalue weighted by Crippen LogP contribution is 2.33. The molecule has 1 aromatic rings. The van der Waals surface area contributed by atoms with Gasteiger partial charge in [-0.2, -0.15) is 0 Å². The highest BCUT2D eigenvalue weighted by molar-refractivity contribution is 9.10. The molecule has 0 saturated carbocycles. The number of halogens is 1. The predicted octanol–water partition coefficient (Wildman–Crippen LogP) is 2.21. The van der Waals surface area contributed by atoms with E-state index in [4.69, 9.17) is 5.11 Å². The second-order valence-corrected chi connectivity index (χ2v) is 4.71. The first kappa shape index (κ1) is 11.4. The first-order valence-corrected chi connectivity index (χ1v) is 6.01. The molecule has 1 aromatic heterocycles. The van der Waals surface area contributed by atoms with E-state index in [1.165, 1.54) is 0 Å². The maximum absolute atomic E-state index is 11.1. The lowest BCUT2D eigenvalue weighted by molar-refractivity contribution is -0.138. The highest BCUT2D eigenvalue weighted by atomic mass is 79.9. The molecular formula is C11H13BrN2O2. The van der Waals surface area contributed by atoms with Crippen molar-refractivity contribution in [1.82, 2.24) is 4.98 Å². The molecule has 1 fully saturated rings. The Morgan fingerprint density at radius 2 is 2.44 bits per heavy atom. The number of carboxylic acid groups (broad SMARTS) is 1. The number of rotatable bonds is 2. The minimum absolute atomic E-state index is 0.405. The monoisotopic (exact) mass is 284 g/mol. The zero-order valence-electron chi connectivity index (χ0n) is 8.98. The average Bonchev–Trinajstić information content (AvgIpc) is 2.70. The summed E-state index contributed by atoms with van der Waals surface area (Å²) in [6.45, 7) is 2.69. The minimum atomic E-state index is -0.751. The predicted molar refractivity (Wildman–Crippen MR) is 64.7 cm³/mol. The second-order valence-electron chi connectivity index (χ2n) is 3.92. The van der Waals surface area contributed by atoms with Gasteiger partial charge < -0.3 is 10.0 Å². The summed E-state index contributed by atoms with van der Waals surface area (Å²) in [6, 6.07) is 1.45. The number of carboxylic acids is 1. The number of carbonyl (C=O) groups is 1. The quantitative estimate of drug-likeness (QED) is 0.905. The van der Waals surface area contributed by atoms with Crippen LogP contribution in [0.4, 0.5) is 5.69 Å². The van der Waals surface area contributed by atoms with Crippen molar-refractivity contribution in [1.29, 1.82) is 0 Å². The van der Waals surface area contributed by atoms with Crippen LogP contribution >= 0.6 is 15.9 Å². The van der Waals surface area contributed by atoms with Gasteiger partial charge in [-0.1, -0.05) is 0 Å². The van der Waals surface area contributed by atoms with Gasteiger partial charge in [-0.05, 0) is 41.8 Å². The van der Waals surface area contributed by atoms with Gasteiger partial charge in [-0.3, -0.25) is 4.98 Å². The van der Waals surface area contributed by atoms with Gasteiger partial charge in [-0.15, -0.1) is 0 Å². The molecule has 1 atom stereocenters. The summed E-state index contributed by atoms with van der Waals surface area (Å²) in [4.78, 5) is 17.2. The van der Waals surface area contributed by atoms with Crippen LogP contribution in [0.2, 0.25) is 0 Å². The van der Waals surface area contributed by atoms with Gasteiger partial charge in [0.15, 0.2) is 0 Å². The van der Waals surface area contributed by atoms with Gasteiger partial charge in [0.1, 0.15) is 6.04 Å². The fraction of sp³-hybridized carbons (Fsp3) is 0.455. The third-order valence-electron chi connectivity index (χ3n) is 2.89. The molecule has 0 aromatic carbocycles. The van der Waals surface area contributed by atoms with Crippen molar-refractivity contribution in [2.75, 3.05) is 11.4 Å². The Hall–Kier alpha value is -1.10. The number of anilines is 1. The molecule has 1 unspecified atom stereocenters. The van der Waals surface area contributed by atoms with Gasteiger partial charge in [0.25, 0.3) is 0 Å². The second kappa shape index (κ2) is 4.41.